The zero-order valence-corrected chi connectivity index (χ0v) is 19.2. The highest BCUT2D eigenvalue weighted by atomic mass is 35.5. The lowest BCUT2D eigenvalue weighted by Gasteiger charge is -2.26. The maximum Gasteiger partial charge on any atom is 0.338 e. The van der Waals surface area contributed by atoms with E-state index in [4.69, 9.17) is 27.9 Å². The molecule has 0 aliphatic carbocycles. The van der Waals surface area contributed by atoms with Gasteiger partial charge in [0.15, 0.2) is 6.61 Å². The highest BCUT2D eigenvalue weighted by molar-refractivity contribution is 7.89. The smallest absolute Gasteiger partial charge is 0.338 e. The van der Waals surface area contributed by atoms with E-state index in [-0.39, 0.29) is 15.5 Å². The summed E-state index contributed by atoms with van der Waals surface area (Å²) in [5.74, 6) is -1.38. The van der Waals surface area contributed by atoms with Crippen LogP contribution in [0, 0.1) is 6.92 Å². The first-order valence-corrected chi connectivity index (χ1v) is 11.9. The fourth-order valence-corrected chi connectivity index (χ4v) is 5.39. The molecule has 0 aromatic heterocycles. The topological polar surface area (TPSA) is 92.8 Å². The Hall–Kier alpha value is -2.13. The molecule has 1 saturated heterocycles. The number of nitrogens with zero attached hydrogens (tertiary/aromatic N) is 1. The molecule has 0 saturated carbocycles. The van der Waals surface area contributed by atoms with Crippen LogP contribution in [0.25, 0.3) is 0 Å². The molecule has 3 rings (SSSR count). The summed E-state index contributed by atoms with van der Waals surface area (Å²) in [4.78, 5) is 24.4. The van der Waals surface area contributed by atoms with Crippen LogP contribution in [-0.4, -0.2) is 44.3 Å². The summed E-state index contributed by atoms with van der Waals surface area (Å²) in [6, 6.07) is 8.93. The Morgan fingerprint density at radius 1 is 1.06 bits per heavy atom. The van der Waals surface area contributed by atoms with Crippen LogP contribution in [0.15, 0.2) is 41.3 Å². The lowest BCUT2D eigenvalue weighted by molar-refractivity contribution is -0.119. The highest BCUT2D eigenvalue weighted by Gasteiger charge is 2.29. The van der Waals surface area contributed by atoms with Gasteiger partial charge in [0.2, 0.25) is 10.0 Å². The maximum atomic E-state index is 12.9. The second-order valence-corrected chi connectivity index (χ2v) is 9.94. The Kier molecular flexibility index (Phi) is 7.59. The van der Waals surface area contributed by atoms with Crippen LogP contribution in [-0.2, 0) is 19.6 Å². The number of halogens is 2. The Balaban J connectivity index is 1.68. The molecular weight excluding hydrogens is 463 g/mol. The minimum atomic E-state index is -3.83. The summed E-state index contributed by atoms with van der Waals surface area (Å²) in [6.45, 7) is 2.09. The Bertz CT molecular complexity index is 1100. The second-order valence-electron chi connectivity index (χ2n) is 7.19. The van der Waals surface area contributed by atoms with E-state index in [1.54, 1.807) is 25.1 Å². The highest BCUT2D eigenvalue weighted by Crippen LogP contribution is 2.28. The molecule has 0 bridgehead atoms. The molecule has 31 heavy (non-hydrogen) atoms. The molecule has 1 fully saturated rings. The molecule has 0 spiro atoms. The van der Waals surface area contributed by atoms with Crippen molar-refractivity contribution in [1.29, 1.82) is 0 Å². The van der Waals surface area contributed by atoms with Gasteiger partial charge < -0.3 is 10.1 Å². The van der Waals surface area contributed by atoms with Crippen LogP contribution < -0.4 is 5.32 Å². The van der Waals surface area contributed by atoms with Crippen molar-refractivity contribution in [2.45, 2.75) is 31.1 Å². The number of sulfonamides is 1. The number of amides is 1. The zero-order valence-electron chi connectivity index (χ0n) is 16.9. The molecule has 0 atom stereocenters. The molecule has 7 nitrogen and oxygen atoms in total. The van der Waals surface area contributed by atoms with E-state index in [9.17, 15) is 18.0 Å². The van der Waals surface area contributed by atoms with E-state index in [1.807, 2.05) is 0 Å². The number of esters is 1. The molecule has 2 aromatic carbocycles. The number of nitrogens with one attached hydrogen (secondary N) is 1. The van der Waals surface area contributed by atoms with Crippen molar-refractivity contribution < 1.29 is 22.7 Å². The van der Waals surface area contributed by atoms with Gasteiger partial charge in [-0.1, -0.05) is 35.7 Å². The number of carbonyl (C=O) groups is 2. The number of hydrogen-bond donors (Lipinski definition) is 1. The van der Waals surface area contributed by atoms with Gasteiger partial charge in [0.05, 0.1) is 10.6 Å². The van der Waals surface area contributed by atoms with Crippen molar-refractivity contribution in [3.63, 3.8) is 0 Å². The van der Waals surface area contributed by atoms with Crippen molar-refractivity contribution in [3.8, 4) is 0 Å². The van der Waals surface area contributed by atoms with Gasteiger partial charge >= 0.3 is 5.97 Å². The summed E-state index contributed by atoms with van der Waals surface area (Å²) in [6.07, 6.45) is 2.53. The predicted molar refractivity (Wildman–Crippen MR) is 119 cm³/mol. The molecule has 1 N–H and O–H groups in total. The molecule has 1 heterocycles. The van der Waals surface area contributed by atoms with E-state index >= 15 is 0 Å². The van der Waals surface area contributed by atoms with Gasteiger partial charge in [0, 0.05) is 23.8 Å². The van der Waals surface area contributed by atoms with Crippen molar-refractivity contribution >= 4 is 50.8 Å². The van der Waals surface area contributed by atoms with Crippen LogP contribution in [0.5, 0.6) is 0 Å². The van der Waals surface area contributed by atoms with Gasteiger partial charge in [0.25, 0.3) is 5.91 Å². The van der Waals surface area contributed by atoms with Crippen molar-refractivity contribution in [2.75, 3.05) is 25.0 Å². The normalized spacial score (nSPS) is 14.8. The van der Waals surface area contributed by atoms with Gasteiger partial charge in [-0.2, -0.15) is 4.31 Å². The summed E-state index contributed by atoms with van der Waals surface area (Å²) >= 11 is 12.0. The summed E-state index contributed by atoms with van der Waals surface area (Å²) in [7, 11) is -3.83. The Labute approximate surface area is 191 Å². The van der Waals surface area contributed by atoms with Gasteiger partial charge in [-0.15, -0.1) is 0 Å². The molecule has 1 aliphatic rings. The van der Waals surface area contributed by atoms with E-state index in [0.29, 0.717) is 23.8 Å². The average molecular weight is 485 g/mol. The molecule has 0 unspecified atom stereocenters. The minimum absolute atomic E-state index is 0.00767. The van der Waals surface area contributed by atoms with Crippen LogP contribution in [0.3, 0.4) is 0 Å². The molecular formula is C21H22Cl2N2O5S. The van der Waals surface area contributed by atoms with Crippen molar-refractivity contribution in [1.82, 2.24) is 4.31 Å². The molecule has 1 aliphatic heterocycles. The molecule has 10 heteroatoms. The zero-order chi connectivity index (χ0) is 22.6. The van der Waals surface area contributed by atoms with Gasteiger partial charge in [-0.3, -0.25) is 4.79 Å². The molecule has 0 radical (unpaired) electrons. The number of aryl methyl sites for hydroxylation is 1. The van der Waals surface area contributed by atoms with Gasteiger partial charge in [-0.25, -0.2) is 13.2 Å². The van der Waals surface area contributed by atoms with Crippen LogP contribution in [0.2, 0.25) is 10.0 Å². The number of rotatable bonds is 6. The van der Waals surface area contributed by atoms with Crippen LogP contribution in [0.1, 0.15) is 35.2 Å². The first-order valence-electron chi connectivity index (χ1n) is 9.71. The first kappa shape index (κ1) is 23.5. The van der Waals surface area contributed by atoms with E-state index < -0.39 is 28.5 Å². The fraction of sp³-hybridized carbons (Fsp3) is 0.333. The molecule has 1 amide bonds. The summed E-state index contributed by atoms with van der Waals surface area (Å²) in [5, 5.41) is 3.11. The number of benzene rings is 2. The average Bonchev–Trinajstić information content (AvgIpc) is 2.75. The molecule has 2 aromatic rings. The number of ether oxygens (including phenoxy) is 1. The number of anilines is 1. The lowest BCUT2D eigenvalue weighted by Crippen LogP contribution is -2.35. The summed E-state index contributed by atoms with van der Waals surface area (Å²) in [5.41, 5.74) is 1.30. The third-order valence-electron chi connectivity index (χ3n) is 4.91. The molecule has 166 valence electrons. The second kappa shape index (κ2) is 9.99. The number of piperidine rings is 1. The third-order valence-corrected chi connectivity index (χ3v) is 7.52. The number of carbonyl (C=O) groups excluding carboxylic acids is 2. The van der Waals surface area contributed by atoms with Gasteiger partial charge in [0.1, 0.15) is 4.90 Å². The van der Waals surface area contributed by atoms with E-state index in [2.05, 4.69) is 5.32 Å². The number of hydrogen-bond acceptors (Lipinski definition) is 5. The Morgan fingerprint density at radius 2 is 1.77 bits per heavy atom. The largest absolute Gasteiger partial charge is 0.452 e. The SMILES string of the molecule is Cc1ccc(Cl)cc1NC(=O)COC(=O)c1ccc(Cl)c(S(=O)(=O)N2CCCCC2)c1. The van der Waals surface area contributed by atoms with Crippen LogP contribution >= 0.6 is 23.2 Å². The van der Waals surface area contributed by atoms with Crippen molar-refractivity contribution in [2.24, 2.45) is 0 Å². The Morgan fingerprint density at radius 3 is 2.48 bits per heavy atom. The maximum absolute atomic E-state index is 12.9. The first-order chi connectivity index (χ1) is 14.7. The quantitative estimate of drug-likeness (QED) is 0.617. The lowest BCUT2D eigenvalue weighted by atomic mass is 10.2. The standard InChI is InChI=1S/C21H22Cl2N2O5S/c1-14-5-7-16(22)12-18(14)24-20(26)13-30-21(27)15-6-8-17(23)19(11-15)31(28,29)25-9-3-2-4-10-25/h5-8,11-12H,2-4,9-10,13H2,1H3,(H,24,26). The van der Waals surface area contributed by atoms with E-state index in [0.717, 1.165) is 24.8 Å². The monoisotopic (exact) mass is 484 g/mol. The van der Waals surface area contributed by atoms with E-state index in [1.165, 1.54) is 22.5 Å². The van der Waals surface area contributed by atoms with Crippen molar-refractivity contribution in [3.05, 3.63) is 57.6 Å². The predicted octanol–water partition coefficient (Wildman–Crippen LogP) is 4.27. The fourth-order valence-electron chi connectivity index (χ4n) is 3.20. The third kappa shape index (κ3) is 5.77. The minimum Gasteiger partial charge on any atom is -0.452 e. The summed E-state index contributed by atoms with van der Waals surface area (Å²) < 4.78 is 32.3. The van der Waals surface area contributed by atoms with Gasteiger partial charge in [-0.05, 0) is 55.7 Å². The van der Waals surface area contributed by atoms with Crippen LogP contribution in [0.4, 0.5) is 5.69 Å².